The number of hydrogen-bond donors (Lipinski definition) is 2. The summed E-state index contributed by atoms with van der Waals surface area (Å²) in [6, 6.07) is 12.4. The number of fused-ring (bicyclic) bond motifs is 1. The van der Waals surface area contributed by atoms with Gasteiger partial charge in [0.25, 0.3) is 11.8 Å². The highest BCUT2D eigenvalue weighted by atomic mass is 35.5. The van der Waals surface area contributed by atoms with Crippen LogP contribution in [-0.2, 0) is 22.6 Å². The predicted molar refractivity (Wildman–Crippen MR) is 127 cm³/mol. The van der Waals surface area contributed by atoms with Crippen LogP contribution in [0.4, 0.5) is 5.69 Å². The van der Waals surface area contributed by atoms with Crippen LogP contribution in [0.5, 0.6) is 0 Å². The molecule has 9 heteroatoms. The number of para-hydroxylation sites is 2. The van der Waals surface area contributed by atoms with Crippen molar-refractivity contribution >= 4 is 46.0 Å². The minimum atomic E-state index is -0.491. The molecule has 2 N–H and O–H groups in total. The molecule has 0 radical (unpaired) electrons. The molecule has 1 fully saturated rings. The third kappa shape index (κ3) is 5.01. The Labute approximate surface area is 196 Å². The van der Waals surface area contributed by atoms with Gasteiger partial charge in [0.15, 0.2) is 0 Å². The molecule has 1 aliphatic rings. The summed E-state index contributed by atoms with van der Waals surface area (Å²) in [5.41, 5.74) is 7.45. The number of carbonyl (C=O) groups is 3. The van der Waals surface area contributed by atoms with Crippen LogP contribution in [0.2, 0.25) is 5.02 Å². The Bertz CT molecular complexity index is 1210. The fraction of sp³-hybridized carbons (Fsp3) is 0.333. The molecule has 1 aliphatic heterocycles. The van der Waals surface area contributed by atoms with E-state index in [1.54, 1.807) is 23.1 Å². The lowest BCUT2D eigenvalue weighted by Crippen LogP contribution is -2.43. The number of hydrazine groups is 1. The maximum absolute atomic E-state index is 12.6. The molecule has 172 valence electrons. The highest BCUT2D eigenvalue weighted by molar-refractivity contribution is 6.34. The van der Waals surface area contributed by atoms with E-state index in [1.807, 2.05) is 28.8 Å². The highest BCUT2D eigenvalue weighted by Crippen LogP contribution is 2.30. The molecule has 2 heterocycles. The Hall–Kier alpha value is -3.39. The number of benzene rings is 2. The van der Waals surface area contributed by atoms with Gasteiger partial charge in [0.1, 0.15) is 12.4 Å². The predicted octanol–water partition coefficient (Wildman–Crippen LogP) is 3.62. The molecule has 4 rings (SSSR count). The van der Waals surface area contributed by atoms with Crippen molar-refractivity contribution in [2.75, 3.05) is 11.4 Å². The van der Waals surface area contributed by atoms with Crippen LogP contribution in [0, 0.1) is 0 Å². The van der Waals surface area contributed by atoms with Crippen LogP contribution < -0.4 is 15.8 Å². The number of unbranched alkanes of at least 4 members (excludes halogenated alkanes) is 1. The second-order valence-electron chi connectivity index (χ2n) is 8.02. The van der Waals surface area contributed by atoms with Crippen LogP contribution in [0.15, 0.2) is 42.5 Å². The van der Waals surface area contributed by atoms with Crippen molar-refractivity contribution in [2.24, 2.45) is 0 Å². The molecule has 1 saturated heterocycles. The second-order valence-corrected chi connectivity index (χ2v) is 8.43. The monoisotopic (exact) mass is 467 g/mol. The summed E-state index contributed by atoms with van der Waals surface area (Å²) in [5.74, 6) is -0.0332. The number of anilines is 1. The molecule has 0 saturated carbocycles. The van der Waals surface area contributed by atoms with Crippen molar-refractivity contribution < 1.29 is 14.4 Å². The lowest BCUT2D eigenvalue weighted by molar-refractivity contribution is -0.122. The average Bonchev–Trinajstić information content (AvgIpc) is 3.39. The van der Waals surface area contributed by atoms with Gasteiger partial charge >= 0.3 is 0 Å². The molecular formula is C24H26ClN5O3. The molecule has 2 aromatic carbocycles. The summed E-state index contributed by atoms with van der Waals surface area (Å²) in [5, 5.41) is 0.400. The SMILES string of the molecule is CCCCc1nc2ccccc2n1CC(=O)NNC(=O)c1ccc(Cl)c(N2CCCC2=O)c1. The first-order chi connectivity index (χ1) is 16.0. The molecule has 0 unspecified atom stereocenters. The summed E-state index contributed by atoms with van der Waals surface area (Å²) in [4.78, 5) is 43.6. The van der Waals surface area contributed by atoms with Crippen molar-refractivity contribution in [1.82, 2.24) is 20.4 Å². The Morgan fingerprint density at radius 2 is 1.97 bits per heavy atom. The molecule has 8 nitrogen and oxygen atoms in total. The first-order valence-electron chi connectivity index (χ1n) is 11.1. The maximum Gasteiger partial charge on any atom is 0.269 e. The summed E-state index contributed by atoms with van der Waals surface area (Å²) in [7, 11) is 0. The van der Waals surface area contributed by atoms with E-state index in [0.29, 0.717) is 29.2 Å². The van der Waals surface area contributed by atoms with Crippen LogP contribution in [0.3, 0.4) is 0 Å². The Morgan fingerprint density at radius 3 is 2.73 bits per heavy atom. The van der Waals surface area contributed by atoms with Gasteiger partial charge in [-0.3, -0.25) is 25.2 Å². The van der Waals surface area contributed by atoms with Gasteiger partial charge < -0.3 is 9.47 Å². The third-order valence-electron chi connectivity index (χ3n) is 5.68. The zero-order chi connectivity index (χ0) is 23.4. The fourth-order valence-electron chi connectivity index (χ4n) is 3.97. The molecule has 1 aromatic heterocycles. The van der Waals surface area contributed by atoms with Crippen molar-refractivity contribution in [1.29, 1.82) is 0 Å². The van der Waals surface area contributed by atoms with E-state index in [-0.39, 0.29) is 18.4 Å². The number of imidazole rings is 1. The summed E-state index contributed by atoms with van der Waals surface area (Å²) >= 11 is 6.25. The largest absolute Gasteiger partial charge is 0.318 e. The van der Waals surface area contributed by atoms with Gasteiger partial charge in [-0.05, 0) is 43.2 Å². The fourth-order valence-corrected chi connectivity index (χ4v) is 4.19. The molecule has 0 spiro atoms. The summed E-state index contributed by atoms with van der Waals surface area (Å²) in [6.07, 6.45) is 3.99. The smallest absolute Gasteiger partial charge is 0.269 e. The minimum Gasteiger partial charge on any atom is -0.318 e. The maximum atomic E-state index is 12.6. The van der Waals surface area contributed by atoms with Crippen molar-refractivity contribution in [3.8, 4) is 0 Å². The van der Waals surface area contributed by atoms with E-state index in [2.05, 4.69) is 22.8 Å². The van der Waals surface area contributed by atoms with Gasteiger partial charge in [0.05, 0.1) is 21.7 Å². The lowest BCUT2D eigenvalue weighted by atomic mass is 10.2. The lowest BCUT2D eigenvalue weighted by Gasteiger charge is -2.18. The number of amides is 3. The number of halogens is 1. The van der Waals surface area contributed by atoms with E-state index in [0.717, 1.165) is 42.5 Å². The zero-order valence-electron chi connectivity index (χ0n) is 18.4. The highest BCUT2D eigenvalue weighted by Gasteiger charge is 2.24. The topological polar surface area (TPSA) is 96.3 Å². The van der Waals surface area contributed by atoms with E-state index in [9.17, 15) is 14.4 Å². The van der Waals surface area contributed by atoms with E-state index >= 15 is 0 Å². The number of aromatic nitrogens is 2. The molecule has 3 aromatic rings. The van der Waals surface area contributed by atoms with Gasteiger partial charge in [-0.1, -0.05) is 37.1 Å². The van der Waals surface area contributed by atoms with E-state index < -0.39 is 5.91 Å². The number of carbonyl (C=O) groups excluding carboxylic acids is 3. The molecule has 0 bridgehead atoms. The number of nitrogens with zero attached hydrogens (tertiary/aromatic N) is 3. The Morgan fingerprint density at radius 1 is 1.15 bits per heavy atom. The number of hydrogen-bond acceptors (Lipinski definition) is 4. The summed E-state index contributed by atoms with van der Waals surface area (Å²) in [6.45, 7) is 2.71. The zero-order valence-corrected chi connectivity index (χ0v) is 19.2. The number of rotatable bonds is 7. The van der Waals surface area contributed by atoms with Crippen LogP contribution >= 0.6 is 11.6 Å². The first-order valence-corrected chi connectivity index (χ1v) is 11.5. The van der Waals surface area contributed by atoms with Gasteiger partial charge in [0, 0.05) is 24.9 Å². The van der Waals surface area contributed by atoms with Gasteiger partial charge in [0.2, 0.25) is 5.91 Å². The number of aryl methyl sites for hydroxylation is 1. The quantitative estimate of drug-likeness (QED) is 0.519. The number of nitrogens with one attached hydrogen (secondary N) is 2. The van der Waals surface area contributed by atoms with Crippen molar-refractivity contribution in [3.05, 3.63) is 58.9 Å². The van der Waals surface area contributed by atoms with Crippen molar-refractivity contribution in [2.45, 2.75) is 45.6 Å². The minimum absolute atomic E-state index is 0.0193. The van der Waals surface area contributed by atoms with E-state index in [4.69, 9.17) is 11.6 Å². The first kappa shape index (κ1) is 22.8. The van der Waals surface area contributed by atoms with Gasteiger partial charge in [-0.2, -0.15) is 0 Å². The molecule has 0 aliphatic carbocycles. The third-order valence-corrected chi connectivity index (χ3v) is 6.00. The van der Waals surface area contributed by atoms with Gasteiger partial charge in [-0.15, -0.1) is 0 Å². The van der Waals surface area contributed by atoms with Crippen LogP contribution in [0.1, 0.15) is 48.8 Å². The van der Waals surface area contributed by atoms with Crippen LogP contribution in [0.25, 0.3) is 11.0 Å². The summed E-state index contributed by atoms with van der Waals surface area (Å²) < 4.78 is 1.88. The van der Waals surface area contributed by atoms with E-state index in [1.165, 1.54) is 0 Å². The van der Waals surface area contributed by atoms with Crippen LogP contribution in [-0.4, -0.2) is 33.8 Å². The molecule has 3 amide bonds. The second kappa shape index (κ2) is 10.0. The Balaban J connectivity index is 1.43. The normalized spacial score (nSPS) is 13.5. The molecule has 0 atom stereocenters. The van der Waals surface area contributed by atoms with Gasteiger partial charge in [-0.25, -0.2) is 4.98 Å². The standard InChI is InChI=1S/C24H26ClN5O3/c1-2-3-9-21-26-18-7-4-5-8-19(18)30(21)15-22(31)27-28-24(33)16-11-12-17(25)20(14-16)29-13-6-10-23(29)32/h4-5,7-8,11-12,14H,2-3,6,9-10,13,15H2,1H3,(H,27,31)(H,28,33). The molecule has 33 heavy (non-hydrogen) atoms. The molecular weight excluding hydrogens is 442 g/mol. The Kier molecular flexibility index (Phi) is 6.93. The van der Waals surface area contributed by atoms with Crippen molar-refractivity contribution in [3.63, 3.8) is 0 Å². The average molecular weight is 468 g/mol.